The Morgan fingerprint density at radius 3 is 2.45 bits per heavy atom. The minimum absolute atomic E-state index is 0.0829. The molecule has 8 rings (SSSR count). The lowest BCUT2D eigenvalue weighted by atomic mass is 9.80. The van der Waals surface area contributed by atoms with E-state index in [2.05, 4.69) is 56.8 Å². The molecule has 2 saturated heterocycles. The van der Waals surface area contributed by atoms with Gasteiger partial charge in [0.25, 0.3) is 5.56 Å². The number of piperidine rings is 1. The van der Waals surface area contributed by atoms with Crippen LogP contribution in [0.2, 0.25) is 5.02 Å². The second-order valence-corrected chi connectivity index (χ2v) is 18.5. The molecule has 2 aromatic heterocycles. The summed E-state index contributed by atoms with van der Waals surface area (Å²) >= 11 is 6.51. The molecule has 0 spiro atoms. The first-order valence-corrected chi connectivity index (χ1v) is 20.3. The lowest BCUT2D eigenvalue weighted by Crippen LogP contribution is -2.49. The smallest absolute Gasteiger partial charge is 0.282 e. The molecule has 4 aliphatic rings. The van der Waals surface area contributed by atoms with Crippen LogP contribution in [0.4, 0.5) is 0 Å². The van der Waals surface area contributed by atoms with Gasteiger partial charge >= 0.3 is 0 Å². The average Bonchev–Trinajstić information content (AvgIpc) is 3.83. The Hall–Kier alpha value is -4.13. The summed E-state index contributed by atoms with van der Waals surface area (Å²) in [6, 6.07) is 11.0. The Morgan fingerprint density at radius 2 is 1.76 bits per heavy atom. The van der Waals surface area contributed by atoms with Crippen molar-refractivity contribution in [3.05, 3.63) is 80.6 Å². The molecule has 3 N–H and O–H groups in total. The first-order chi connectivity index (χ1) is 26.1. The first-order valence-electron chi connectivity index (χ1n) is 19.9. The molecule has 2 amide bonds. The molecule has 292 valence electrons. The Bertz CT molecular complexity index is 2190. The Morgan fingerprint density at radius 1 is 1.04 bits per heavy atom. The van der Waals surface area contributed by atoms with E-state index in [4.69, 9.17) is 17.3 Å². The van der Waals surface area contributed by atoms with Crippen molar-refractivity contribution in [2.24, 2.45) is 17.1 Å². The molecule has 3 fully saturated rings. The number of nitrogens with two attached hydrogens (primary N) is 1. The van der Waals surface area contributed by atoms with Crippen LogP contribution in [0.15, 0.2) is 47.4 Å². The summed E-state index contributed by atoms with van der Waals surface area (Å²) in [5, 5.41) is 20.2. The van der Waals surface area contributed by atoms with Crippen LogP contribution in [0.5, 0.6) is 0 Å². The molecule has 3 aliphatic heterocycles. The Labute approximate surface area is 327 Å². The second kappa shape index (κ2) is 14.1. The molecule has 55 heavy (non-hydrogen) atoms. The molecule has 13 heteroatoms. The third kappa shape index (κ3) is 6.78. The number of hydrogen-bond acceptors (Lipinski definition) is 8. The van der Waals surface area contributed by atoms with Crippen molar-refractivity contribution in [3.63, 3.8) is 0 Å². The number of benzene rings is 2. The number of carbonyl (C=O) groups excluding carboxylic acids is 2. The number of β-amino-alcohol motifs (C(OH)–C–C–N with tert-alkyl or cyclic N) is 1. The summed E-state index contributed by atoms with van der Waals surface area (Å²) in [5.74, 6) is 1.28. The number of aromatic nitrogens is 5. The molecule has 2 aromatic carbocycles. The van der Waals surface area contributed by atoms with Gasteiger partial charge in [-0.2, -0.15) is 4.98 Å². The van der Waals surface area contributed by atoms with E-state index in [0.717, 1.165) is 80.9 Å². The predicted octanol–water partition coefficient (Wildman–Crippen LogP) is 5.46. The SMILES string of the molecule is CC1(C)c2ccc(C3CCN(CC4CCC(c5cn([C@H](C(=O)N6C[C@H](O)C[C@H]6C(N)=O)C(C)(C)C)nn5)CC4)CC3)cc2-n2c1nc(=O)c1c(Cl)cccc12. The number of aliphatic hydroxyl groups is 1. The quantitative estimate of drug-likeness (QED) is 0.252. The summed E-state index contributed by atoms with van der Waals surface area (Å²) in [7, 11) is 0. The molecule has 0 radical (unpaired) electrons. The van der Waals surface area contributed by atoms with Gasteiger partial charge in [-0.3, -0.25) is 19.0 Å². The van der Waals surface area contributed by atoms with Crippen LogP contribution >= 0.6 is 11.6 Å². The minimum atomic E-state index is -0.824. The Kier molecular flexibility index (Phi) is 9.69. The van der Waals surface area contributed by atoms with Crippen molar-refractivity contribution < 1.29 is 14.7 Å². The van der Waals surface area contributed by atoms with Crippen molar-refractivity contribution in [3.8, 4) is 5.69 Å². The number of halogens is 1. The van der Waals surface area contributed by atoms with Crippen molar-refractivity contribution in [1.29, 1.82) is 0 Å². The Balaban J connectivity index is 0.886. The van der Waals surface area contributed by atoms with Crippen LogP contribution in [0.1, 0.15) is 120 Å². The van der Waals surface area contributed by atoms with Crippen molar-refractivity contribution in [1.82, 2.24) is 34.3 Å². The van der Waals surface area contributed by atoms with E-state index in [1.165, 1.54) is 16.0 Å². The highest BCUT2D eigenvalue weighted by atomic mass is 35.5. The average molecular weight is 769 g/mol. The highest BCUT2D eigenvalue weighted by Crippen LogP contribution is 2.45. The minimum Gasteiger partial charge on any atom is -0.391 e. The van der Waals surface area contributed by atoms with Crippen LogP contribution in [0, 0.1) is 11.3 Å². The molecule has 4 aromatic rings. The van der Waals surface area contributed by atoms with Gasteiger partial charge in [0.2, 0.25) is 11.8 Å². The summed E-state index contributed by atoms with van der Waals surface area (Å²) in [6.07, 6.45) is 7.81. The van der Waals surface area contributed by atoms with Crippen LogP contribution in [-0.4, -0.2) is 89.6 Å². The normalized spacial score (nSPS) is 24.9. The van der Waals surface area contributed by atoms with Crippen molar-refractivity contribution >= 4 is 34.3 Å². The van der Waals surface area contributed by atoms with Gasteiger partial charge in [-0.1, -0.05) is 55.8 Å². The topological polar surface area (TPSA) is 152 Å². The van der Waals surface area contributed by atoms with Gasteiger partial charge in [0.05, 0.1) is 38.8 Å². The number of amides is 2. The third-order valence-corrected chi connectivity index (χ3v) is 13.3. The first kappa shape index (κ1) is 37.8. The molecule has 1 aliphatic carbocycles. The fourth-order valence-corrected chi connectivity index (χ4v) is 10.2. The molecule has 12 nitrogen and oxygen atoms in total. The number of nitrogens with zero attached hydrogens (tertiary/aromatic N) is 7. The molecule has 3 atom stereocenters. The van der Waals surface area contributed by atoms with Gasteiger partial charge in [-0.05, 0) is 112 Å². The second-order valence-electron chi connectivity index (χ2n) is 18.1. The van der Waals surface area contributed by atoms with E-state index < -0.39 is 34.9 Å². The van der Waals surface area contributed by atoms with Crippen LogP contribution in [-0.2, 0) is 15.0 Å². The maximum absolute atomic E-state index is 13.8. The zero-order chi connectivity index (χ0) is 39.0. The summed E-state index contributed by atoms with van der Waals surface area (Å²) in [4.78, 5) is 47.6. The number of primary amides is 1. The maximum atomic E-state index is 13.8. The standard InChI is InChI=1S/C42H53ClN8O4/c1-41(2,3)36(39(55)49-22-28(52)20-34(49)37(44)53)50-23-31(46-47-50)26-11-9-24(10-12-26)21-48-17-15-25(16-18-48)27-13-14-29-33(19-27)51-32-8-6-7-30(43)35(32)38(54)45-40(51)42(29,4)5/h6-8,13-14,19,23-26,28,34,36,52H,9-12,15-18,20-22H2,1-5H3,(H2,44,53)/t24?,26?,28-,34+,36-/m1/s1. The van der Waals surface area contributed by atoms with E-state index in [1.54, 1.807) is 10.7 Å². The van der Waals surface area contributed by atoms with Gasteiger partial charge in [0, 0.05) is 31.6 Å². The van der Waals surface area contributed by atoms with Gasteiger partial charge < -0.3 is 20.6 Å². The molecule has 5 heterocycles. The largest absolute Gasteiger partial charge is 0.391 e. The highest BCUT2D eigenvalue weighted by molar-refractivity contribution is 6.35. The fourth-order valence-electron chi connectivity index (χ4n) is 9.95. The van der Waals surface area contributed by atoms with Crippen LogP contribution in [0.3, 0.4) is 0 Å². The van der Waals surface area contributed by atoms with Gasteiger partial charge in [-0.25, -0.2) is 4.68 Å². The lowest BCUT2D eigenvalue weighted by Gasteiger charge is -2.36. The van der Waals surface area contributed by atoms with Gasteiger partial charge in [0.1, 0.15) is 17.9 Å². The van der Waals surface area contributed by atoms with E-state index in [-0.39, 0.29) is 30.3 Å². The number of carbonyl (C=O) groups is 2. The van der Waals surface area contributed by atoms with Crippen LogP contribution < -0.4 is 11.3 Å². The summed E-state index contributed by atoms with van der Waals surface area (Å²) in [5.41, 5.74) is 9.75. The van der Waals surface area contributed by atoms with Gasteiger partial charge in [0.15, 0.2) is 0 Å². The number of aliphatic hydroxyl groups excluding tert-OH is 1. The number of likely N-dealkylation sites (tertiary alicyclic amines) is 2. The monoisotopic (exact) mass is 768 g/mol. The maximum Gasteiger partial charge on any atom is 0.282 e. The number of hydrogen-bond donors (Lipinski definition) is 2. The van der Waals surface area contributed by atoms with Gasteiger partial charge in [-0.15, -0.1) is 5.10 Å². The van der Waals surface area contributed by atoms with Crippen molar-refractivity contribution in [2.45, 2.75) is 115 Å². The highest BCUT2D eigenvalue weighted by Gasteiger charge is 2.45. The molecule has 0 unspecified atom stereocenters. The number of fused-ring (bicyclic) bond motifs is 5. The van der Waals surface area contributed by atoms with E-state index in [0.29, 0.717) is 22.2 Å². The summed E-state index contributed by atoms with van der Waals surface area (Å²) < 4.78 is 3.81. The predicted molar refractivity (Wildman–Crippen MR) is 211 cm³/mol. The molecule has 1 saturated carbocycles. The van der Waals surface area contributed by atoms with E-state index in [9.17, 15) is 19.5 Å². The summed E-state index contributed by atoms with van der Waals surface area (Å²) in [6.45, 7) is 13.5. The zero-order valence-electron chi connectivity index (χ0n) is 32.5. The molecular weight excluding hydrogens is 716 g/mol. The van der Waals surface area contributed by atoms with Crippen LogP contribution in [0.25, 0.3) is 16.6 Å². The zero-order valence-corrected chi connectivity index (χ0v) is 33.3. The molecular formula is C42H53ClN8O4. The van der Waals surface area contributed by atoms with Crippen molar-refractivity contribution in [2.75, 3.05) is 26.2 Å². The lowest BCUT2D eigenvalue weighted by molar-refractivity contribution is -0.143. The molecule has 0 bridgehead atoms. The van der Waals surface area contributed by atoms with E-state index in [1.807, 2.05) is 39.1 Å². The fraction of sp³-hybridized carbons (Fsp3) is 0.571. The number of rotatable bonds is 7. The third-order valence-electron chi connectivity index (χ3n) is 12.9. The van der Waals surface area contributed by atoms with E-state index >= 15 is 0 Å².